The van der Waals surface area contributed by atoms with E-state index in [2.05, 4.69) is 34.6 Å². The van der Waals surface area contributed by atoms with Gasteiger partial charge in [0.15, 0.2) is 6.73 Å². The third-order valence-corrected chi connectivity index (χ3v) is 5.40. The quantitative estimate of drug-likeness (QED) is 0.493. The van der Waals surface area contributed by atoms with E-state index < -0.39 is 8.07 Å². The van der Waals surface area contributed by atoms with Crippen molar-refractivity contribution in [2.75, 3.05) is 24.6 Å². The number of aliphatic hydroxyl groups excluding tert-OH is 1. The van der Waals surface area contributed by atoms with E-state index in [0.29, 0.717) is 25.4 Å². The van der Waals surface area contributed by atoms with Crippen LogP contribution < -0.4 is 4.90 Å². The molecule has 0 aliphatic carbocycles. The normalized spacial score (nSPS) is 16.8. The van der Waals surface area contributed by atoms with Crippen LogP contribution in [0.25, 0.3) is 4.85 Å². The van der Waals surface area contributed by atoms with Gasteiger partial charge in [0.1, 0.15) is 0 Å². The third-order valence-electron chi connectivity index (χ3n) is 3.70. The van der Waals surface area contributed by atoms with Crippen molar-refractivity contribution in [2.24, 2.45) is 0 Å². The topological polar surface area (TPSA) is 67.8 Å². The fourth-order valence-electron chi connectivity index (χ4n) is 2.22. The van der Waals surface area contributed by atoms with Crippen LogP contribution in [0.2, 0.25) is 25.7 Å². The molecule has 1 aliphatic heterocycles. The van der Waals surface area contributed by atoms with Gasteiger partial charge in [-0.25, -0.2) is 0 Å². The Kier molecular flexibility index (Phi) is 5.56. The summed E-state index contributed by atoms with van der Waals surface area (Å²) in [5.74, 6) is 0.820. The molecule has 2 heterocycles. The SMILES string of the molecule is [C-]#[N+]c1nc(N2CCC(O)CC2)nn1COCC[Si](C)(C)C. The van der Waals surface area contributed by atoms with E-state index in [1.54, 1.807) is 0 Å². The number of rotatable bonds is 6. The standard InChI is InChI=1S/C14H25N5O2Si/c1-15-13-16-14(18-7-5-12(20)6-8-18)17-19(13)11-21-9-10-22(2,3)4/h12,20H,5-11H2,2-4H3. The number of nitrogens with zero attached hydrogens (tertiary/aromatic N) is 5. The summed E-state index contributed by atoms with van der Waals surface area (Å²) in [4.78, 5) is 9.71. The van der Waals surface area contributed by atoms with Gasteiger partial charge < -0.3 is 19.6 Å². The van der Waals surface area contributed by atoms with Crippen molar-refractivity contribution in [3.63, 3.8) is 0 Å². The molecule has 0 saturated carbocycles. The zero-order valence-electron chi connectivity index (χ0n) is 13.6. The highest BCUT2D eigenvalue weighted by atomic mass is 28.3. The van der Waals surface area contributed by atoms with Crippen LogP contribution in [0.1, 0.15) is 12.8 Å². The molecule has 1 aromatic rings. The Hall–Kier alpha value is -1.43. The lowest BCUT2D eigenvalue weighted by Crippen LogP contribution is -2.36. The van der Waals surface area contributed by atoms with E-state index in [0.717, 1.165) is 19.1 Å². The minimum atomic E-state index is -1.11. The largest absolute Gasteiger partial charge is 0.395 e. The summed E-state index contributed by atoms with van der Waals surface area (Å²) >= 11 is 0. The number of aromatic nitrogens is 3. The van der Waals surface area contributed by atoms with Gasteiger partial charge in [0.25, 0.3) is 0 Å². The van der Waals surface area contributed by atoms with Gasteiger partial charge in [-0.05, 0) is 18.9 Å². The molecule has 0 spiro atoms. The highest BCUT2D eigenvalue weighted by Gasteiger charge is 2.24. The summed E-state index contributed by atoms with van der Waals surface area (Å²) < 4.78 is 7.17. The summed E-state index contributed by atoms with van der Waals surface area (Å²) in [5, 5.41) is 13.9. The van der Waals surface area contributed by atoms with Crippen molar-refractivity contribution in [3.05, 3.63) is 11.4 Å². The second-order valence-electron chi connectivity index (χ2n) is 6.89. The smallest absolute Gasteiger partial charge is 0.363 e. The molecular formula is C14H25N5O2Si. The Morgan fingerprint density at radius 3 is 2.64 bits per heavy atom. The predicted molar refractivity (Wildman–Crippen MR) is 87.8 cm³/mol. The van der Waals surface area contributed by atoms with Crippen LogP contribution >= 0.6 is 0 Å². The highest BCUT2D eigenvalue weighted by Crippen LogP contribution is 2.20. The monoisotopic (exact) mass is 323 g/mol. The van der Waals surface area contributed by atoms with E-state index in [1.165, 1.54) is 4.68 Å². The van der Waals surface area contributed by atoms with Crippen LogP contribution in [0.5, 0.6) is 0 Å². The molecule has 1 aromatic heterocycles. The van der Waals surface area contributed by atoms with Crippen LogP contribution in [0.4, 0.5) is 11.9 Å². The summed E-state index contributed by atoms with van der Waals surface area (Å²) in [6, 6.07) is 1.09. The van der Waals surface area contributed by atoms with Crippen molar-refractivity contribution < 1.29 is 9.84 Å². The van der Waals surface area contributed by atoms with E-state index in [1.807, 2.05) is 4.90 Å². The van der Waals surface area contributed by atoms with E-state index >= 15 is 0 Å². The molecule has 0 radical (unpaired) electrons. The van der Waals surface area contributed by atoms with Gasteiger partial charge in [0.05, 0.1) is 6.10 Å². The van der Waals surface area contributed by atoms with Crippen molar-refractivity contribution in [1.82, 2.24) is 14.8 Å². The second-order valence-corrected chi connectivity index (χ2v) is 12.5. The summed E-state index contributed by atoms with van der Waals surface area (Å²) in [5.41, 5.74) is 0. The van der Waals surface area contributed by atoms with Crippen LogP contribution in [0, 0.1) is 6.57 Å². The third kappa shape index (κ3) is 4.80. The molecule has 1 aliphatic rings. The Morgan fingerprint density at radius 2 is 2.05 bits per heavy atom. The summed E-state index contributed by atoms with van der Waals surface area (Å²) in [7, 11) is -1.11. The maximum Gasteiger partial charge on any atom is 0.363 e. The molecule has 0 bridgehead atoms. The van der Waals surface area contributed by atoms with E-state index in [9.17, 15) is 5.11 Å². The maximum absolute atomic E-state index is 9.55. The number of aliphatic hydroxyl groups is 1. The lowest BCUT2D eigenvalue weighted by atomic mass is 10.1. The Bertz CT molecular complexity index is 526. The highest BCUT2D eigenvalue weighted by molar-refractivity contribution is 6.76. The molecule has 22 heavy (non-hydrogen) atoms. The first-order valence-corrected chi connectivity index (χ1v) is 11.4. The van der Waals surface area contributed by atoms with Gasteiger partial charge in [-0.15, -0.1) is 11.6 Å². The van der Waals surface area contributed by atoms with Crippen molar-refractivity contribution in [3.8, 4) is 0 Å². The lowest BCUT2D eigenvalue weighted by molar-refractivity contribution is 0.0802. The average Bonchev–Trinajstić information content (AvgIpc) is 2.86. The molecule has 122 valence electrons. The van der Waals surface area contributed by atoms with Crippen LogP contribution in [-0.2, 0) is 11.5 Å². The number of piperidine rings is 1. The first kappa shape index (κ1) is 16.9. The van der Waals surface area contributed by atoms with Gasteiger partial charge >= 0.3 is 11.9 Å². The molecule has 1 fully saturated rings. The first-order chi connectivity index (χ1) is 10.4. The molecule has 7 nitrogen and oxygen atoms in total. The van der Waals surface area contributed by atoms with Crippen molar-refractivity contribution in [2.45, 2.75) is 51.4 Å². The lowest BCUT2D eigenvalue weighted by Gasteiger charge is -2.27. The Morgan fingerprint density at radius 1 is 1.36 bits per heavy atom. The average molecular weight is 323 g/mol. The zero-order chi connectivity index (χ0) is 16.2. The van der Waals surface area contributed by atoms with Gasteiger partial charge in [-0.1, -0.05) is 24.7 Å². The Balaban J connectivity index is 1.93. The molecule has 0 atom stereocenters. The number of ether oxygens (including phenoxy) is 1. The van der Waals surface area contributed by atoms with Crippen molar-refractivity contribution >= 4 is 20.0 Å². The molecular weight excluding hydrogens is 298 g/mol. The molecule has 0 aromatic carbocycles. The molecule has 1 saturated heterocycles. The van der Waals surface area contributed by atoms with Gasteiger partial charge in [0.2, 0.25) is 0 Å². The molecule has 2 rings (SSSR count). The van der Waals surface area contributed by atoms with E-state index in [-0.39, 0.29) is 18.8 Å². The molecule has 1 N–H and O–H groups in total. The summed E-state index contributed by atoms with van der Waals surface area (Å²) in [6.45, 7) is 16.5. The van der Waals surface area contributed by atoms with Crippen LogP contribution in [-0.4, -0.2) is 53.7 Å². The number of anilines is 1. The maximum atomic E-state index is 9.55. The predicted octanol–water partition coefficient (Wildman–Crippen LogP) is 2.10. The minimum Gasteiger partial charge on any atom is -0.395 e. The van der Waals surface area contributed by atoms with Crippen molar-refractivity contribution in [1.29, 1.82) is 0 Å². The number of hydrogen-bond acceptors (Lipinski definition) is 5. The van der Waals surface area contributed by atoms with E-state index in [4.69, 9.17) is 11.3 Å². The van der Waals surface area contributed by atoms with Crippen LogP contribution in [0.3, 0.4) is 0 Å². The van der Waals surface area contributed by atoms with Gasteiger partial charge in [0, 0.05) is 27.8 Å². The molecule has 0 unspecified atom stereocenters. The van der Waals surface area contributed by atoms with Gasteiger partial charge in [-0.3, -0.25) is 0 Å². The number of hydrogen-bond donors (Lipinski definition) is 1. The fraction of sp³-hybridized carbons (Fsp3) is 0.786. The fourth-order valence-corrected chi connectivity index (χ4v) is 2.98. The Labute approximate surface area is 132 Å². The minimum absolute atomic E-state index is 0.233. The molecule has 0 amide bonds. The summed E-state index contributed by atoms with van der Waals surface area (Å²) in [6.07, 6.45) is 1.20. The zero-order valence-corrected chi connectivity index (χ0v) is 14.6. The second kappa shape index (κ2) is 7.22. The molecule has 8 heteroatoms. The van der Waals surface area contributed by atoms with Gasteiger partial charge in [-0.2, -0.15) is 4.68 Å². The van der Waals surface area contributed by atoms with Crippen LogP contribution in [0.15, 0.2) is 0 Å². The first-order valence-electron chi connectivity index (χ1n) is 7.72.